The molecule has 0 N–H and O–H groups in total. The molecule has 0 aromatic carbocycles. The van der Waals surface area contributed by atoms with Crippen molar-refractivity contribution < 1.29 is 9.59 Å². The Bertz CT molecular complexity index is 218. The van der Waals surface area contributed by atoms with Crippen LogP contribution in [0.1, 0.15) is 13.3 Å². The van der Waals surface area contributed by atoms with Gasteiger partial charge in [-0.05, 0) is 12.5 Å². The van der Waals surface area contributed by atoms with E-state index in [-0.39, 0.29) is 12.2 Å². The molecular formula is C7H9NO2. The molecule has 0 aromatic rings. The van der Waals surface area contributed by atoms with Gasteiger partial charge in [-0.15, -0.1) is 0 Å². The smallest absolute Gasteiger partial charge is 0.293 e. The van der Waals surface area contributed by atoms with Crippen LogP contribution in [-0.4, -0.2) is 23.6 Å². The van der Waals surface area contributed by atoms with Crippen molar-refractivity contribution in [3.63, 3.8) is 0 Å². The third-order valence-electron chi connectivity index (χ3n) is 1.41. The molecule has 0 aliphatic carbocycles. The topological polar surface area (TPSA) is 37.4 Å². The van der Waals surface area contributed by atoms with Gasteiger partial charge in [-0.2, -0.15) is 0 Å². The lowest BCUT2D eigenvalue weighted by Gasteiger charge is -2.17. The molecular weight excluding hydrogens is 130 g/mol. The molecule has 54 valence electrons. The standard InChI is InChI=1S/C7H9NO2/c1-5-3-6(9)7(10)8(2)4-5/h4H,3H2,1-2H3. The van der Waals surface area contributed by atoms with Gasteiger partial charge in [-0.1, -0.05) is 0 Å². The summed E-state index contributed by atoms with van der Waals surface area (Å²) in [5, 5.41) is 0. The molecule has 1 amide bonds. The van der Waals surface area contributed by atoms with Gasteiger partial charge in [0.1, 0.15) is 0 Å². The highest BCUT2D eigenvalue weighted by molar-refractivity contribution is 6.37. The summed E-state index contributed by atoms with van der Waals surface area (Å²) < 4.78 is 0. The summed E-state index contributed by atoms with van der Waals surface area (Å²) in [6.45, 7) is 1.83. The van der Waals surface area contributed by atoms with E-state index >= 15 is 0 Å². The van der Waals surface area contributed by atoms with E-state index < -0.39 is 5.91 Å². The fourth-order valence-electron chi connectivity index (χ4n) is 0.960. The van der Waals surface area contributed by atoms with Crippen molar-refractivity contribution >= 4 is 11.7 Å². The maximum Gasteiger partial charge on any atom is 0.293 e. The number of likely N-dealkylation sites (N-methyl/N-ethyl adjacent to an activating group) is 1. The van der Waals surface area contributed by atoms with E-state index in [9.17, 15) is 9.59 Å². The Morgan fingerprint density at radius 2 is 2.10 bits per heavy atom. The lowest BCUT2D eigenvalue weighted by atomic mass is 10.1. The van der Waals surface area contributed by atoms with Crippen LogP contribution < -0.4 is 0 Å². The normalized spacial score (nSPS) is 19.4. The van der Waals surface area contributed by atoms with Crippen LogP contribution in [0, 0.1) is 0 Å². The van der Waals surface area contributed by atoms with Crippen molar-refractivity contribution in [3.05, 3.63) is 11.8 Å². The van der Waals surface area contributed by atoms with Gasteiger partial charge < -0.3 is 4.90 Å². The molecule has 3 heteroatoms. The van der Waals surface area contributed by atoms with Crippen LogP contribution in [0.3, 0.4) is 0 Å². The average Bonchev–Trinajstić information content (AvgIpc) is 1.82. The van der Waals surface area contributed by atoms with E-state index in [0.29, 0.717) is 0 Å². The number of hydrogen-bond acceptors (Lipinski definition) is 2. The molecule has 0 fully saturated rings. The number of ketones is 1. The van der Waals surface area contributed by atoms with Crippen LogP contribution in [0.4, 0.5) is 0 Å². The zero-order chi connectivity index (χ0) is 7.72. The zero-order valence-electron chi connectivity index (χ0n) is 6.05. The zero-order valence-corrected chi connectivity index (χ0v) is 6.05. The van der Waals surface area contributed by atoms with E-state index in [1.54, 1.807) is 13.2 Å². The third kappa shape index (κ3) is 1.07. The first-order valence-electron chi connectivity index (χ1n) is 3.08. The Morgan fingerprint density at radius 3 is 2.60 bits per heavy atom. The number of carbonyl (C=O) groups is 2. The Kier molecular flexibility index (Phi) is 1.57. The highest BCUT2D eigenvalue weighted by Gasteiger charge is 2.21. The maximum absolute atomic E-state index is 10.8. The highest BCUT2D eigenvalue weighted by atomic mass is 16.2. The molecule has 10 heavy (non-hydrogen) atoms. The molecule has 0 bridgehead atoms. The van der Waals surface area contributed by atoms with Gasteiger partial charge in [-0.3, -0.25) is 9.59 Å². The molecule has 1 aliphatic rings. The van der Waals surface area contributed by atoms with Crippen molar-refractivity contribution in [1.29, 1.82) is 0 Å². The van der Waals surface area contributed by atoms with Crippen LogP contribution in [-0.2, 0) is 9.59 Å². The van der Waals surface area contributed by atoms with Gasteiger partial charge in [0, 0.05) is 19.7 Å². The average molecular weight is 139 g/mol. The maximum atomic E-state index is 10.8. The van der Waals surface area contributed by atoms with Crippen molar-refractivity contribution in [3.8, 4) is 0 Å². The summed E-state index contributed by atoms with van der Waals surface area (Å²) in [4.78, 5) is 22.9. The summed E-state index contributed by atoms with van der Waals surface area (Å²) >= 11 is 0. The number of rotatable bonds is 0. The minimum absolute atomic E-state index is 0.281. The van der Waals surface area contributed by atoms with Gasteiger partial charge in [0.15, 0.2) is 0 Å². The number of Topliss-reactive ketones (excluding diaryl/α,β-unsaturated/α-hetero) is 1. The van der Waals surface area contributed by atoms with Crippen LogP contribution >= 0.6 is 0 Å². The third-order valence-corrected chi connectivity index (χ3v) is 1.41. The van der Waals surface area contributed by atoms with Crippen molar-refractivity contribution in [2.75, 3.05) is 7.05 Å². The minimum Gasteiger partial charge on any atom is -0.316 e. The first-order valence-corrected chi connectivity index (χ1v) is 3.08. The molecule has 0 unspecified atom stereocenters. The monoisotopic (exact) mass is 139 g/mol. The first kappa shape index (κ1) is 6.99. The van der Waals surface area contributed by atoms with Gasteiger partial charge in [-0.25, -0.2) is 0 Å². The number of carbonyl (C=O) groups excluding carboxylic acids is 2. The SMILES string of the molecule is CC1=CN(C)C(=O)C(=O)C1. The summed E-state index contributed by atoms with van der Waals surface area (Å²) in [5.41, 5.74) is 0.937. The molecule has 1 rings (SSSR count). The van der Waals surface area contributed by atoms with Gasteiger partial charge in [0.2, 0.25) is 5.78 Å². The summed E-state index contributed by atoms with van der Waals surface area (Å²) in [6.07, 6.45) is 1.97. The van der Waals surface area contributed by atoms with E-state index in [4.69, 9.17) is 0 Å². The molecule has 0 aromatic heterocycles. The molecule has 1 heterocycles. The predicted octanol–water partition coefficient (Wildman–Crippen LogP) is 0.321. The fraction of sp³-hybridized carbons (Fsp3) is 0.429. The Labute approximate surface area is 59.3 Å². The number of allylic oxidation sites excluding steroid dienone is 1. The van der Waals surface area contributed by atoms with E-state index in [2.05, 4.69) is 0 Å². The number of nitrogens with zero attached hydrogens (tertiary/aromatic N) is 1. The molecule has 0 spiro atoms. The molecule has 3 nitrogen and oxygen atoms in total. The molecule has 1 aliphatic heterocycles. The summed E-state index contributed by atoms with van der Waals surface area (Å²) in [6, 6.07) is 0. The highest BCUT2D eigenvalue weighted by Crippen LogP contribution is 2.09. The number of hydrogen-bond donors (Lipinski definition) is 0. The van der Waals surface area contributed by atoms with Gasteiger partial charge in [0.25, 0.3) is 5.91 Å². The Morgan fingerprint density at radius 1 is 1.50 bits per heavy atom. The Balaban J connectivity index is 2.89. The van der Waals surface area contributed by atoms with E-state index in [0.717, 1.165) is 5.57 Å². The van der Waals surface area contributed by atoms with E-state index in [1.165, 1.54) is 4.90 Å². The lowest BCUT2D eigenvalue weighted by Crippen LogP contribution is -2.32. The quantitative estimate of drug-likeness (QED) is 0.453. The van der Waals surface area contributed by atoms with Gasteiger partial charge in [0.05, 0.1) is 0 Å². The second-order valence-corrected chi connectivity index (χ2v) is 2.49. The minimum atomic E-state index is -0.411. The second kappa shape index (κ2) is 2.25. The molecule has 0 radical (unpaired) electrons. The van der Waals surface area contributed by atoms with Crippen LogP contribution in [0.5, 0.6) is 0 Å². The molecule has 0 saturated heterocycles. The van der Waals surface area contributed by atoms with Crippen molar-refractivity contribution in [1.82, 2.24) is 4.90 Å². The van der Waals surface area contributed by atoms with Crippen molar-refractivity contribution in [2.45, 2.75) is 13.3 Å². The van der Waals surface area contributed by atoms with Crippen LogP contribution in [0.2, 0.25) is 0 Å². The van der Waals surface area contributed by atoms with Gasteiger partial charge >= 0.3 is 0 Å². The molecule has 0 saturated carbocycles. The Hall–Kier alpha value is -1.12. The largest absolute Gasteiger partial charge is 0.316 e. The van der Waals surface area contributed by atoms with Crippen LogP contribution in [0.25, 0.3) is 0 Å². The molecule has 0 atom stereocenters. The lowest BCUT2D eigenvalue weighted by molar-refractivity contribution is -0.142. The fourth-order valence-corrected chi connectivity index (χ4v) is 0.960. The van der Waals surface area contributed by atoms with Crippen molar-refractivity contribution in [2.24, 2.45) is 0 Å². The van der Waals surface area contributed by atoms with Crippen LogP contribution in [0.15, 0.2) is 11.8 Å². The first-order chi connectivity index (χ1) is 4.61. The number of amides is 1. The summed E-state index contributed by atoms with van der Waals surface area (Å²) in [7, 11) is 1.59. The second-order valence-electron chi connectivity index (χ2n) is 2.49. The summed E-state index contributed by atoms with van der Waals surface area (Å²) in [5.74, 6) is -0.729. The van der Waals surface area contributed by atoms with E-state index in [1.807, 2.05) is 6.92 Å². The predicted molar refractivity (Wildman–Crippen MR) is 36.2 cm³/mol.